The van der Waals surface area contributed by atoms with Crippen LogP contribution in [0.4, 0.5) is 0 Å². The van der Waals surface area contributed by atoms with Gasteiger partial charge in [-0.05, 0) is 36.9 Å². The largest absolute Gasteiger partial charge is 0.387 e. The fourth-order valence-corrected chi connectivity index (χ4v) is 5.36. The number of aliphatic hydroxyl groups is 1. The summed E-state index contributed by atoms with van der Waals surface area (Å²) in [6, 6.07) is 8.78. The van der Waals surface area contributed by atoms with Gasteiger partial charge >= 0.3 is 0 Å². The van der Waals surface area contributed by atoms with E-state index in [9.17, 15) is 5.11 Å². The molecule has 0 spiro atoms. The zero-order valence-corrected chi connectivity index (χ0v) is 12.0. The monoisotopic (exact) mass is 287 g/mol. The maximum Gasteiger partial charge on any atom is 0.147 e. The van der Waals surface area contributed by atoms with E-state index in [0.29, 0.717) is 13.2 Å². The van der Waals surface area contributed by atoms with Gasteiger partial charge in [0.05, 0.1) is 17.8 Å². The van der Waals surface area contributed by atoms with E-state index in [2.05, 4.69) is 29.6 Å². The first-order chi connectivity index (χ1) is 10.2. The third-order valence-corrected chi connectivity index (χ3v) is 6.35. The maximum absolute atomic E-state index is 11.7. The molecule has 2 N–H and O–H groups in total. The molecule has 2 bridgehead atoms. The second-order valence-corrected chi connectivity index (χ2v) is 7.06. The lowest BCUT2D eigenvalue weighted by molar-refractivity contribution is -0.159. The highest BCUT2D eigenvalue weighted by atomic mass is 16.7. The quantitative estimate of drug-likeness (QED) is 0.750. The molecule has 4 heteroatoms. The Labute approximate surface area is 124 Å². The van der Waals surface area contributed by atoms with Gasteiger partial charge < -0.3 is 19.9 Å². The third kappa shape index (κ3) is 1.44. The molecule has 4 nitrogen and oxygen atoms in total. The van der Waals surface area contributed by atoms with Crippen molar-refractivity contribution >= 4 is 0 Å². The Hall–Kier alpha value is -0.940. The van der Waals surface area contributed by atoms with Crippen molar-refractivity contribution in [2.24, 2.45) is 0 Å². The van der Waals surface area contributed by atoms with Gasteiger partial charge in [-0.25, -0.2) is 0 Å². The summed E-state index contributed by atoms with van der Waals surface area (Å²) in [6.45, 7) is 1.35. The number of rotatable bonds is 0. The zero-order chi connectivity index (χ0) is 14.1. The Morgan fingerprint density at radius 3 is 2.86 bits per heavy atom. The predicted octanol–water partition coefficient (Wildman–Crippen LogP) is 1.11. The highest BCUT2D eigenvalue weighted by Crippen LogP contribution is 2.57. The molecule has 0 amide bonds. The Morgan fingerprint density at radius 2 is 1.95 bits per heavy atom. The fourth-order valence-electron chi connectivity index (χ4n) is 5.36. The number of fused-ring (bicyclic) bond motifs is 2. The predicted molar refractivity (Wildman–Crippen MR) is 77.0 cm³/mol. The van der Waals surface area contributed by atoms with Crippen LogP contribution in [0.15, 0.2) is 24.3 Å². The second kappa shape index (κ2) is 4.07. The Morgan fingerprint density at radius 1 is 1.14 bits per heavy atom. The van der Waals surface area contributed by atoms with E-state index >= 15 is 0 Å². The van der Waals surface area contributed by atoms with Crippen LogP contribution < -0.4 is 5.32 Å². The lowest BCUT2D eigenvalue weighted by Crippen LogP contribution is -2.74. The van der Waals surface area contributed by atoms with Crippen molar-refractivity contribution in [3.8, 4) is 0 Å². The van der Waals surface area contributed by atoms with Crippen LogP contribution in [-0.2, 0) is 21.3 Å². The first-order valence-corrected chi connectivity index (χ1v) is 8.00. The van der Waals surface area contributed by atoms with E-state index in [4.69, 9.17) is 9.47 Å². The smallest absolute Gasteiger partial charge is 0.147 e. The van der Waals surface area contributed by atoms with Crippen LogP contribution in [0.5, 0.6) is 0 Å². The summed E-state index contributed by atoms with van der Waals surface area (Å²) in [5.41, 5.74) is 1.84. The van der Waals surface area contributed by atoms with Gasteiger partial charge in [-0.1, -0.05) is 24.3 Å². The lowest BCUT2D eigenvalue weighted by Gasteiger charge is -2.62. The minimum atomic E-state index is -0.714. The molecule has 2 saturated heterocycles. The standard InChI is InChI=1S/C17H21NO3/c19-17-9-14-13(20-10-21-14)8-16(17)5-6-18-15(17)7-11-3-1-2-4-12(11)16/h1-4,13-15,18-19H,5-10H2/t13?,14?,15-,16-,17-/m1/s1. The molecule has 0 aromatic heterocycles. The minimum Gasteiger partial charge on any atom is -0.387 e. The average Bonchev–Trinajstić information content (AvgIpc) is 2.90. The van der Waals surface area contributed by atoms with Gasteiger partial charge in [0.2, 0.25) is 0 Å². The molecule has 1 saturated carbocycles. The number of piperidine rings is 1. The SMILES string of the molecule is O[C@@]12CC3OCOC3C[C@@]13CCN[C@@H]2Cc1ccccc13. The Balaban J connectivity index is 1.71. The van der Waals surface area contributed by atoms with Gasteiger partial charge in [0, 0.05) is 17.9 Å². The van der Waals surface area contributed by atoms with Crippen LogP contribution in [0.1, 0.15) is 30.4 Å². The summed E-state index contributed by atoms with van der Waals surface area (Å²) in [4.78, 5) is 0. The Bertz CT molecular complexity index is 591. The van der Waals surface area contributed by atoms with Gasteiger partial charge in [0.1, 0.15) is 6.79 Å². The van der Waals surface area contributed by atoms with Crippen molar-refractivity contribution in [2.45, 2.75) is 54.9 Å². The topological polar surface area (TPSA) is 50.7 Å². The molecule has 5 atom stereocenters. The Kier molecular flexibility index (Phi) is 2.44. The van der Waals surface area contributed by atoms with Crippen molar-refractivity contribution in [1.82, 2.24) is 5.32 Å². The number of ether oxygens (including phenoxy) is 2. The molecule has 0 radical (unpaired) electrons. The molecule has 5 rings (SSSR count). The number of hydrogen-bond donors (Lipinski definition) is 2. The molecular weight excluding hydrogens is 266 g/mol. The van der Waals surface area contributed by atoms with Crippen LogP contribution in [0.25, 0.3) is 0 Å². The van der Waals surface area contributed by atoms with Crippen molar-refractivity contribution in [1.29, 1.82) is 0 Å². The first kappa shape index (κ1) is 12.6. The average molecular weight is 287 g/mol. The van der Waals surface area contributed by atoms with Gasteiger partial charge in [0.15, 0.2) is 0 Å². The summed E-state index contributed by atoms with van der Waals surface area (Å²) in [5.74, 6) is 0. The number of hydrogen-bond acceptors (Lipinski definition) is 4. The third-order valence-electron chi connectivity index (χ3n) is 6.35. The summed E-state index contributed by atoms with van der Waals surface area (Å²) < 4.78 is 11.5. The van der Waals surface area contributed by atoms with Crippen LogP contribution in [-0.4, -0.2) is 42.3 Å². The number of nitrogens with one attached hydrogen (secondary N) is 1. The molecule has 2 heterocycles. The van der Waals surface area contributed by atoms with E-state index in [-0.39, 0.29) is 23.7 Å². The van der Waals surface area contributed by atoms with E-state index in [1.807, 2.05) is 0 Å². The molecule has 1 aromatic carbocycles. The van der Waals surface area contributed by atoms with Crippen LogP contribution in [0.3, 0.4) is 0 Å². The van der Waals surface area contributed by atoms with Gasteiger partial charge in [-0.3, -0.25) is 0 Å². The summed E-state index contributed by atoms with van der Waals surface area (Å²) in [5, 5.41) is 15.2. The summed E-state index contributed by atoms with van der Waals surface area (Å²) in [6.07, 6.45) is 3.63. The van der Waals surface area contributed by atoms with Crippen LogP contribution in [0, 0.1) is 0 Å². The summed E-state index contributed by atoms with van der Waals surface area (Å²) >= 11 is 0. The minimum absolute atomic E-state index is 0.0517. The zero-order valence-electron chi connectivity index (χ0n) is 12.0. The van der Waals surface area contributed by atoms with Crippen molar-refractivity contribution in [3.63, 3.8) is 0 Å². The second-order valence-electron chi connectivity index (χ2n) is 7.06. The highest BCUT2D eigenvalue weighted by Gasteiger charge is 2.65. The molecule has 2 aliphatic heterocycles. The summed E-state index contributed by atoms with van der Waals surface area (Å²) in [7, 11) is 0. The van der Waals surface area contributed by atoms with E-state index in [1.165, 1.54) is 11.1 Å². The van der Waals surface area contributed by atoms with Crippen molar-refractivity contribution < 1.29 is 14.6 Å². The normalized spacial score (nSPS) is 47.4. The molecule has 3 fully saturated rings. The number of benzene rings is 1. The van der Waals surface area contributed by atoms with E-state index in [1.54, 1.807) is 0 Å². The van der Waals surface area contributed by atoms with E-state index in [0.717, 1.165) is 25.8 Å². The van der Waals surface area contributed by atoms with Gasteiger partial charge in [-0.15, -0.1) is 0 Å². The molecule has 2 aliphatic carbocycles. The van der Waals surface area contributed by atoms with E-state index < -0.39 is 5.60 Å². The van der Waals surface area contributed by atoms with Crippen molar-refractivity contribution in [3.05, 3.63) is 35.4 Å². The van der Waals surface area contributed by atoms with Crippen LogP contribution >= 0.6 is 0 Å². The molecule has 4 aliphatic rings. The molecule has 1 aromatic rings. The highest BCUT2D eigenvalue weighted by molar-refractivity contribution is 5.45. The molecule has 21 heavy (non-hydrogen) atoms. The fraction of sp³-hybridized carbons (Fsp3) is 0.647. The van der Waals surface area contributed by atoms with Gasteiger partial charge in [0.25, 0.3) is 0 Å². The molecule has 2 unspecified atom stereocenters. The maximum atomic E-state index is 11.7. The first-order valence-electron chi connectivity index (χ1n) is 8.00. The van der Waals surface area contributed by atoms with Crippen molar-refractivity contribution in [2.75, 3.05) is 13.3 Å². The molecule has 112 valence electrons. The van der Waals surface area contributed by atoms with Crippen LogP contribution in [0.2, 0.25) is 0 Å². The lowest BCUT2D eigenvalue weighted by atomic mass is 9.49. The molecular formula is C17H21NO3. The van der Waals surface area contributed by atoms with Gasteiger partial charge in [-0.2, -0.15) is 0 Å².